The van der Waals surface area contributed by atoms with Gasteiger partial charge in [-0.05, 0) is 17.7 Å². The average molecular weight is 426 g/mol. The molecule has 5 atom stereocenters. The highest BCUT2D eigenvalue weighted by Crippen LogP contribution is 2.66. The van der Waals surface area contributed by atoms with Crippen LogP contribution in [0.5, 0.6) is 5.75 Å². The van der Waals surface area contributed by atoms with Crippen LogP contribution in [-0.4, -0.2) is 30.5 Å². The third kappa shape index (κ3) is 2.36. The normalized spacial score (nSPS) is 33.4. The van der Waals surface area contributed by atoms with Gasteiger partial charge in [0.1, 0.15) is 17.3 Å². The summed E-state index contributed by atoms with van der Waals surface area (Å²) in [5, 5.41) is 36.1. The van der Waals surface area contributed by atoms with Gasteiger partial charge in [0.25, 0.3) is 0 Å². The summed E-state index contributed by atoms with van der Waals surface area (Å²) >= 11 is 5.69. The fourth-order valence-electron chi connectivity index (χ4n) is 5.29. The van der Waals surface area contributed by atoms with E-state index < -0.39 is 46.1 Å². The van der Waals surface area contributed by atoms with Crippen LogP contribution in [0.15, 0.2) is 24.3 Å². The summed E-state index contributed by atoms with van der Waals surface area (Å²) in [6, 6.07) is 12.8. The van der Waals surface area contributed by atoms with E-state index >= 15 is 0 Å². The Balaban J connectivity index is 2.34. The quantitative estimate of drug-likeness (QED) is 0.705. The van der Waals surface area contributed by atoms with Crippen LogP contribution < -0.4 is 15.4 Å². The second-order valence-electron chi connectivity index (χ2n) is 7.72. The number of nitriles is 3. The fourth-order valence-corrected chi connectivity index (χ4v) is 5.36. The number of hydrogen-bond acceptors (Lipinski definition) is 6. The van der Waals surface area contributed by atoms with Gasteiger partial charge in [-0.3, -0.25) is 9.59 Å². The molecule has 9 heteroatoms. The van der Waals surface area contributed by atoms with E-state index in [4.69, 9.17) is 16.3 Å². The number of amides is 2. The van der Waals surface area contributed by atoms with Crippen molar-refractivity contribution in [3.8, 4) is 24.0 Å². The van der Waals surface area contributed by atoms with Crippen molar-refractivity contribution >= 4 is 23.4 Å². The number of ether oxygens (including phenoxy) is 1. The van der Waals surface area contributed by atoms with Gasteiger partial charge in [0.2, 0.25) is 11.8 Å². The summed E-state index contributed by atoms with van der Waals surface area (Å²) in [6.07, 6.45) is 0. The molecule has 2 bridgehead atoms. The van der Waals surface area contributed by atoms with E-state index in [1.807, 2.05) is 18.2 Å². The first-order valence-corrected chi connectivity index (χ1v) is 9.85. The molecule has 154 valence electrons. The van der Waals surface area contributed by atoms with Crippen molar-refractivity contribution in [1.29, 1.82) is 15.8 Å². The molecule has 1 aliphatic carbocycles. The van der Waals surface area contributed by atoms with E-state index in [0.717, 1.165) is 0 Å². The largest absolute Gasteiger partial charge is 0.497 e. The highest BCUT2D eigenvalue weighted by atomic mass is 35.5. The molecule has 0 spiro atoms. The number of carbonyl (C=O) groups excluding carboxylic acids is 2. The number of methoxy groups -OCH3 is 1. The Bertz CT molecular complexity index is 1010. The Kier molecular flexibility index (Phi) is 5.14. The Hall–Kier alpha value is -3.28. The van der Waals surface area contributed by atoms with Crippen LogP contribution >= 0.6 is 11.6 Å². The summed E-state index contributed by atoms with van der Waals surface area (Å²) in [7, 11) is 1.51. The molecule has 1 aromatic carbocycles. The standard InChI is InChI=1S/C21H20ClN5O3/c1-12-17(14-4-6-15(30-3)7-5-14)19(9-23,10-24)20(11-25)13(2)21(12,27-18(20)29)26-16(28)8-22/h4-7,12-13,17H,8H2,1-3H3,(H,26,28)(H,27,29)/t12-,13-,17+,20-,21-/m1/s1. The number of rotatable bonds is 4. The minimum Gasteiger partial charge on any atom is -0.497 e. The van der Waals surface area contributed by atoms with Gasteiger partial charge in [0.05, 0.1) is 25.3 Å². The zero-order chi connectivity index (χ0) is 22.3. The van der Waals surface area contributed by atoms with E-state index in [9.17, 15) is 25.4 Å². The molecule has 2 amide bonds. The van der Waals surface area contributed by atoms with Crippen LogP contribution in [0, 0.1) is 56.7 Å². The first-order valence-electron chi connectivity index (χ1n) is 9.32. The average Bonchev–Trinajstić information content (AvgIpc) is 2.95. The molecule has 8 nitrogen and oxygen atoms in total. The van der Waals surface area contributed by atoms with Crippen LogP contribution in [0.25, 0.3) is 0 Å². The van der Waals surface area contributed by atoms with Gasteiger partial charge in [0.15, 0.2) is 10.8 Å². The van der Waals surface area contributed by atoms with Crippen molar-refractivity contribution in [1.82, 2.24) is 10.6 Å². The highest BCUT2D eigenvalue weighted by molar-refractivity contribution is 6.27. The van der Waals surface area contributed by atoms with Crippen LogP contribution in [0.4, 0.5) is 0 Å². The predicted octanol–water partition coefficient (Wildman–Crippen LogP) is 1.79. The summed E-state index contributed by atoms with van der Waals surface area (Å²) in [4.78, 5) is 25.5. The molecular formula is C21H20ClN5O3. The van der Waals surface area contributed by atoms with E-state index in [1.54, 1.807) is 38.1 Å². The van der Waals surface area contributed by atoms with Crippen LogP contribution in [0.3, 0.4) is 0 Å². The van der Waals surface area contributed by atoms with E-state index in [1.165, 1.54) is 7.11 Å². The molecule has 3 rings (SSSR count). The molecule has 1 aromatic rings. The maximum Gasteiger partial charge on any atom is 0.245 e. The molecule has 2 aliphatic rings. The van der Waals surface area contributed by atoms with Crippen molar-refractivity contribution in [3.05, 3.63) is 29.8 Å². The van der Waals surface area contributed by atoms with Crippen LogP contribution in [0.2, 0.25) is 0 Å². The number of alkyl halides is 1. The maximum atomic E-state index is 13.2. The van der Waals surface area contributed by atoms with Gasteiger partial charge in [-0.1, -0.05) is 26.0 Å². The zero-order valence-electron chi connectivity index (χ0n) is 16.7. The minimum absolute atomic E-state index is 0.342. The minimum atomic E-state index is -1.99. The predicted molar refractivity (Wildman–Crippen MR) is 106 cm³/mol. The zero-order valence-corrected chi connectivity index (χ0v) is 17.4. The van der Waals surface area contributed by atoms with Crippen molar-refractivity contribution in [3.63, 3.8) is 0 Å². The number of nitrogens with one attached hydrogen (secondary N) is 2. The van der Waals surface area contributed by atoms with Crippen molar-refractivity contribution < 1.29 is 14.3 Å². The molecule has 2 N–H and O–H groups in total. The van der Waals surface area contributed by atoms with Crippen LogP contribution in [-0.2, 0) is 9.59 Å². The van der Waals surface area contributed by atoms with E-state index in [2.05, 4.69) is 10.6 Å². The second kappa shape index (κ2) is 7.20. The van der Waals surface area contributed by atoms with Crippen molar-refractivity contribution in [2.24, 2.45) is 22.7 Å². The summed E-state index contributed by atoms with van der Waals surface area (Å²) in [5.41, 5.74) is -4.74. The number of halogens is 1. The number of benzene rings is 1. The lowest BCUT2D eigenvalue weighted by Crippen LogP contribution is -2.69. The number of carbonyl (C=O) groups is 2. The fraction of sp³-hybridized carbons (Fsp3) is 0.476. The number of nitrogens with zero attached hydrogens (tertiary/aromatic N) is 3. The van der Waals surface area contributed by atoms with Crippen molar-refractivity contribution in [2.75, 3.05) is 13.0 Å². The first kappa shape index (κ1) is 21.4. The topological polar surface area (TPSA) is 139 Å². The maximum absolute atomic E-state index is 13.2. The lowest BCUT2D eigenvalue weighted by atomic mass is 9.44. The van der Waals surface area contributed by atoms with Gasteiger partial charge in [-0.25, -0.2) is 0 Å². The van der Waals surface area contributed by atoms with Gasteiger partial charge in [0, 0.05) is 17.8 Å². The highest BCUT2D eigenvalue weighted by Gasteiger charge is 2.80. The smallest absolute Gasteiger partial charge is 0.245 e. The number of hydrogen-bond donors (Lipinski definition) is 2. The summed E-state index contributed by atoms with van der Waals surface area (Å²) in [6.45, 7) is 3.34. The van der Waals surface area contributed by atoms with E-state index in [-0.39, 0.29) is 5.88 Å². The second-order valence-corrected chi connectivity index (χ2v) is 7.98. The molecule has 1 saturated carbocycles. The summed E-state index contributed by atoms with van der Waals surface area (Å²) in [5.74, 6) is -3.38. The van der Waals surface area contributed by atoms with Gasteiger partial charge >= 0.3 is 0 Å². The van der Waals surface area contributed by atoms with Gasteiger partial charge in [-0.15, -0.1) is 11.6 Å². The molecule has 0 aromatic heterocycles. The molecule has 30 heavy (non-hydrogen) atoms. The Morgan fingerprint density at radius 3 is 2.27 bits per heavy atom. The molecule has 1 heterocycles. The van der Waals surface area contributed by atoms with Gasteiger partial charge in [-0.2, -0.15) is 15.8 Å². The summed E-state index contributed by atoms with van der Waals surface area (Å²) < 4.78 is 5.18. The monoisotopic (exact) mass is 425 g/mol. The van der Waals surface area contributed by atoms with Crippen molar-refractivity contribution in [2.45, 2.75) is 25.4 Å². The van der Waals surface area contributed by atoms with E-state index in [0.29, 0.717) is 11.3 Å². The SMILES string of the molecule is COc1ccc([C@@H]2[C@@H](C)[C@@]3(NC(=O)CCl)NC(=O)[C@@](C#N)([C@H]3C)C2(C#N)C#N)cc1. The van der Waals surface area contributed by atoms with Gasteiger partial charge < -0.3 is 15.4 Å². The molecule has 1 saturated heterocycles. The Morgan fingerprint density at radius 2 is 1.80 bits per heavy atom. The molecular weight excluding hydrogens is 406 g/mol. The Morgan fingerprint density at radius 1 is 1.20 bits per heavy atom. The molecule has 0 unspecified atom stereocenters. The third-order valence-electron chi connectivity index (χ3n) is 6.79. The number of fused-ring (bicyclic) bond motifs is 2. The molecule has 2 fully saturated rings. The first-order chi connectivity index (χ1) is 14.2. The Labute approximate surface area is 179 Å². The lowest BCUT2D eigenvalue weighted by Gasteiger charge is -2.54. The molecule has 0 radical (unpaired) electrons. The molecule has 1 aliphatic heterocycles. The third-order valence-corrected chi connectivity index (χ3v) is 7.03. The lowest BCUT2D eigenvalue weighted by molar-refractivity contribution is -0.130. The van der Waals surface area contributed by atoms with Crippen LogP contribution in [0.1, 0.15) is 25.3 Å².